The Labute approximate surface area is 203 Å². The summed E-state index contributed by atoms with van der Waals surface area (Å²) in [6.07, 6.45) is 2.65. The number of phenols is 3. The summed E-state index contributed by atoms with van der Waals surface area (Å²) in [5, 5.41) is 34.6. The van der Waals surface area contributed by atoms with Crippen LogP contribution in [0.5, 0.6) is 17.2 Å². The normalized spacial score (nSPS) is 14.7. The Morgan fingerprint density at radius 2 is 1.82 bits per heavy atom. The lowest BCUT2D eigenvalue weighted by Gasteiger charge is -2.19. The number of thioether (sulfide) groups is 1. The lowest BCUT2D eigenvalue weighted by atomic mass is 9.95. The molecule has 0 spiro atoms. The fraction of sp³-hybridized carbons (Fsp3) is 0.200. The third-order valence-electron chi connectivity index (χ3n) is 5.82. The molecule has 3 aromatic carbocycles. The van der Waals surface area contributed by atoms with Crippen molar-refractivity contribution in [2.24, 2.45) is 0 Å². The second-order valence-electron chi connectivity index (χ2n) is 7.80. The highest BCUT2D eigenvalue weighted by Crippen LogP contribution is 2.48. The van der Waals surface area contributed by atoms with Gasteiger partial charge in [0.1, 0.15) is 0 Å². The van der Waals surface area contributed by atoms with Gasteiger partial charge in [0.05, 0.1) is 10.9 Å². The maximum Gasteiger partial charge on any atom is 0.251 e. The van der Waals surface area contributed by atoms with E-state index in [4.69, 9.17) is 0 Å². The van der Waals surface area contributed by atoms with Crippen LogP contribution in [0, 0.1) is 0 Å². The van der Waals surface area contributed by atoms with Crippen molar-refractivity contribution in [2.75, 3.05) is 6.26 Å². The number of benzene rings is 2. The molecule has 4 N–H and O–H groups in total. The first-order valence-electron chi connectivity index (χ1n) is 10.3. The molecule has 0 heterocycles. The lowest BCUT2D eigenvalue weighted by molar-refractivity contribution is 0.0935. The third kappa shape index (κ3) is 4.45. The van der Waals surface area contributed by atoms with Crippen molar-refractivity contribution in [3.05, 3.63) is 81.0 Å². The maximum atomic E-state index is 13.0. The zero-order valence-electron chi connectivity index (χ0n) is 17.8. The number of rotatable bonds is 4. The van der Waals surface area contributed by atoms with E-state index in [1.807, 2.05) is 12.1 Å². The Morgan fingerprint density at radius 3 is 2.48 bits per heavy atom. The topological polar surface area (TPSA) is 107 Å². The molecule has 1 amide bonds. The van der Waals surface area contributed by atoms with Gasteiger partial charge in [0.15, 0.2) is 16.9 Å². The highest BCUT2D eigenvalue weighted by atomic mass is 79.9. The number of phenolic OH excluding ortho intramolecular Hbond substituents is 3. The van der Waals surface area contributed by atoms with Crippen molar-refractivity contribution in [3.8, 4) is 28.4 Å². The van der Waals surface area contributed by atoms with Crippen molar-refractivity contribution in [3.63, 3.8) is 0 Å². The summed E-state index contributed by atoms with van der Waals surface area (Å²) in [5.74, 6) is -1.77. The molecule has 0 saturated heterocycles. The summed E-state index contributed by atoms with van der Waals surface area (Å²) < 4.78 is 0. The van der Waals surface area contributed by atoms with Gasteiger partial charge in [0.2, 0.25) is 5.75 Å². The van der Waals surface area contributed by atoms with E-state index in [1.54, 1.807) is 30.5 Å². The highest BCUT2D eigenvalue weighted by molar-refractivity contribution is 9.08. The lowest BCUT2D eigenvalue weighted by Crippen LogP contribution is -2.29. The molecule has 0 aliphatic heterocycles. The average molecular weight is 528 g/mol. The van der Waals surface area contributed by atoms with Crippen molar-refractivity contribution in [1.82, 2.24) is 5.32 Å². The minimum atomic E-state index is -0.618. The number of hydrogen-bond acceptors (Lipinski definition) is 6. The van der Waals surface area contributed by atoms with Crippen LogP contribution in [-0.2, 0) is 11.8 Å². The van der Waals surface area contributed by atoms with Crippen LogP contribution in [0.3, 0.4) is 0 Å². The van der Waals surface area contributed by atoms with Crippen LogP contribution in [0.4, 0.5) is 0 Å². The Balaban J connectivity index is 1.85. The number of halogens is 1. The van der Waals surface area contributed by atoms with E-state index in [1.165, 1.54) is 23.9 Å². The van der Waals surface area contributed by atoms with Gasteiger partial charge in [0.25, 0.3) is 5.91 Å². The Kier molecular flexibility index (Phi) is 6.67. The van der Waals surface area contributed by atoms with Crippen molar-refractivity contribution >= 4 is 33.6 Å². The molecule has 1 atom stereocenters. The van der Waals surface area contributed by atoms with E-state index in [-0.39, 0.29) is 11.3 Å². The maximum absolute atomic E-state index is 13.0. The van der Waals surface area contributed by atoms with Crippen LogP contribution < -0.4 is 10.7 Å². The van der Waals surface area contributed by atoms with Gasteiger partial charge in [-0.05, 0) is 71.7 Å². The zero-order chi connectivity index (χ0) is 23.7. The highest BCUT2D eigenvalue weighted by Gasteiger charge is 2.28. The van der Waals surface area contributed by atoms with Gasteiger partial charge < -0.3 is 20.6 Å². The number of hydrogen-bond donors (Lipinski definition) is 4. The van der Waals surface area contributed by atoms with E-state index >= 15 is 0 Å². The van der Waals surface area contributed by atoms with Gasteiger partial charge in [-0.15, -0.1) is 11.8 Å². The second kappa shape index (κ2) is 9.49. The van der Waals surface area contributed by atoms with E-state index < -0.39 is 23.3 Å². The number of aromatic hydroxyl groups is 3. The third-order valence-corrected chi connectivity index (χ3v) is 7.24. The predicted molar refractivity (Wildman–Crippen MR) is 133 cm³/mol. The molecule has 0 bridgehead atoms. The summed E-state index contributed by atoms with van der Waals surface area (Å²) in [4.78, 5) is 26.4. The van der Waals surface area contributed by atoms with Gasteiger partial charge in [-0.3, -0.25) is 9.59 Å². The SMILES string of the molecule is CSc1ccc2c(cc1=O)[C@@H](NC(=O)c1ccc(CBr)cc1)CCc1cc(O)c(O)c(O)c1-2. The molecule has 33 heavy (non-hydrogen) atoms. The second-order valence-corrected chi connectivity index (χ2v) is 9.21. The number of carbonyl (C=O) groups is 1. The van der Waals surface area contributed by atoms with Gasteiger partial charge in [-0.25, -0.2) is 0 Å². The molecule has 6 nitrogen and oxygen atoms in total. The largest absolute Gasteiger partial charge is 0.504 e. The molecule has 0 saturated carbocycles. The fourth-order valence-electron chi connectivity index (χ4n) is 4.10. The Hall–Kier alpha value is -2.97. The number of amides is 1. The van der Waals surface area contributed by atoms with Crippen LogP contribution in [0.25, 0.3) is 11.1 Å². The first-order valence-corrected chi connectivity index (χ1v) is 12.6. The fourth-order valence-corrected chi connectivity index (χ4v) is 4.94. The van der Waals surface area contributed by atoms with Gasteiger partial charge >= 0.3 is 0 Å². The van der Waals surface area contributed by atoms with E-state index in [2.05, 4.69) is 21.2 Å². The molecule has 8 heteroatoms. The first kappa shape index (κ1) is 23.2. The molecule has 170 valence electrons. The van der Waals surface area contributed by atoms with Gasteiger partial charge in [-0.1, -0.05) is 34.1 Å². The molecular weight excluding hydrogens is 506 g/mol. The van der Waals surface area contributed by atoms with Crippen LogP contribution in [-0.4, -0.2) is 27.5 Å². The van der Waals surface area contributed by atoms with Crippen LogP contribution >= 0.6 is 27.7 Å². The standard InChI is InChI=1S/C25H22BrNO5S/c1-33-21-9-7-16-17(11-19(21)28)18(27-25(32)14-4-2-13(12-26)3-5-14)8-6-15-10-20(29)23(30)24(31)22(15)16/h2-5,7,9-11,18,29-31H,6,8,12H2,1H3,(H,27,32)/t18-/m0/s1. The minimum Gasteiger partial charge on any atom is -0.504 e. The van der Waals surface area contributed by atoms with E-state index in [0.717, 1.165) is 5.56 Å². The summed E-state index contributed by atoms with van der Waals surface area (Å²) in [6.45, 7) is 0. The van der Waals surface area contributed by atoms with Gasteiger partial charge in [-0.2, -0.15) is 0 Å². The summed E-state index contributed by atoms with van der Waals surface area (Å²) in [5.41, 5.74) is 3.37. The number of carbonyl (C=O) groups excluding carboxylic acids is 1. The van der Waals surface area contributed by atoms with E-state index in [9.17, 15) is 24.9 Å². The average Bonchev–Trinajstić information content (AvgIpc) is 3.06. The molecule has 0 fully saturated rings. The van der Waals surface area contributed by atoms with Gasteiger partial charge in [0, 0.05) is 16.5 Å². The van der Waals surface area contributed by atoms with Crippen molar-refractivity contribution in [1.29, 1.82) is 0 Å². The summed E-state index contributed by atoms with van der Waals surface area (Å²) in [7, 11) is 0. The van der Waals surface area contributed by atoms with Crippen molar-refractivity contribution in [2.45, 2.75) is 29.1 Å². The predicted octanol–water partition coefficient (Wildman–Crippen LogP) is 4.86. The first-order chi connectivity index (χ1) is 15.8. The number of alkyl halides is 1. The smallest absolute Gasteiger partial charge is 0.251 e. The number of aryl methyl sites for hydroxylation is 1. The van der Waals surface area contributed by atoms with Crippen molar-refractivity contribution < 1.29 is 20.1 Å². The number of nitrogens with one attached hydrogen (secondary N) is 1. The monoisotopic (exact) mass is 527 g/mol. The molecule has 1 aliphatic rings. The quantitative estimate of drug-likeness (QED) is 0.219. The van der Waals surface area contributed by atoms with Crippen LogP contribution in [0.2, 0.25) is 0 Å². The van der Waals surface area contributed by atoms with E-state index in [0.29, 0.717) is 50.9 Å². The molecule has 0 aromatic heterocycles. The minimum absolute atomic E-state index is 0.199. The zero-order valence-corrected chi connectivity index (χ0v) is 20.2. The molecule has 0 unspecified atom stereocenters. The Morgan fingerprint density at radius 1 is 1.09 bits per heavy atom. The summed E-state index contributed by atoms with van der Waals surface area (Å²) >= 11 is 4.69. The Bertz CT molecular complexity index is 1290. The molecule has 0 radical (unpaired) electrons. The number of fused-ring (bicyclic) bond motifs is 3. The molecule has 3 aromatic rings. The summed E-state index contributed by atoms with van der Waals surface area (Å²) in [6, 6.07) is 13.0. The van der Waals surface area contributed by atoms with Crippen LogP contribution in [0.1, 0.15) is 39.5 Å². The molecule has 4 rings (SSSR count). The van der Waals surface area contributed by atoms with Crippen LogP contribution in [0.15, 0.2) is 58.2 Å². The molecule has 1 aliphatic carbocycles. The molecular formula is C25H22BrNO5S.